The Bertz CT molecular complexity index is 340. The van der Waals surface area contributed by atoms with E-state index in [-0.39, 0.29) is 6.10 Å². The lowest BCUT2D eigenvalue weighted by atomic mass is 9.98. The zero-order chi connectivity index (χ0) is 10.7. The predicted molar refractivity (Wildman–Crippen MR) is 60.1 cm³/mol. The molecule has 1 aliphatic rings. The van der Waals surface area contributed by atoms with Crippen LogP contribution in [-0.4, -0.2) is 13.7 Å². The number of hydrogen-bond acceptors (Lipinski definition) is 2. The summed E-state index contributed by atoms with van der Waals surface area (Å²) >= 11 is 0. The topological polar surface area (TPSA) is 18.5 Å². The maximum absolute atomic E-state index is 5.71. The molecule has 1 aliphatic heterocycles. The smallest absolute Gasteiger partial charge is 0.118 e. The average molecular weight is 204 g/mol. The standard InChI is InChI=1S/C13H16O2/c1-10-7-8-15-13(9-10)11-3-5-12(14-2)6-4-11/h3-6,13H,1,7-9H2,2H3. The van der Waals surface area contributed by atoms with E-state index < -0.39 is 0 Å². The molecule has 0 saturated carbocycles. The van der Waals surface area contributed by atoms with Gasteiger partial charge in [-0.15, -0.1) is 0 Å². The van der Waals surface area contributed by atoms with Gasteiger partial charge in [0, 0.05) is 0 Å². The minimum Gasteiger partial charge on any atom is -0.497 e. The van der Waals surface area contributed by atoms with Crippen molar-refractivity contribution in [2.45, 2.75) is 18.9 Å². The molecule has 1 aromatic carbocycles. The lowest BCUT2D eigenvalue weighted by Gasteiger charge is -2.24. The van der Waals surface area contributed by atoms with Gasteiger partial charge in [-0.1, -0.05) is 24.3 Å². The summed E-state index contributed by atoms with van der Waals surface area (Å²) in [4.78, 5) is 0. The molecule has 0 aromatic heterocycles. The van der Waals surface area contributed by atoms with E-state index >= 15 is 0 Å². The molecule has 0 N–H and O–H groups in total. The van der Waals surface area contributed by atoms with Crippen LogP contribution in [0.25, 0.3) is 0 Å². The number of ether oxygens (including phenoxy) is 2. The van der Waals surface area contributed by atoms with Gasteiger partial charge in [0.2, 0.25) is 0 Å². The van der Waals surface area contributed by atoms with E-state index in [0.29, 0.717) is 0 Å². The highest BCUT2D eigenvalue weighted by atomic mass is 16.5. The maximum atomic E-state index is 5.71. The minimum atomic E-state index is 0.178. The van der Waals surface area contributed by atoms with Crippen molar-refractivity contribution in [1.82, 2.24) is 0 Å². The molecule has 2 rings (SSSR count). The first-order valence-corrected chi connectivity index (χ1v) is 5.22. The molecule has 0 spiro atoms. The zero-order valence-electron chi connectivity index (χ0n) is 9.03. The van der Waals surface area contributed by atoms with Gasteiger partial charge >= 0.3 is 0 Å². The summed E-state index contributed by atoms with van der Waals surface area (Å²) in [5.41, 5.74) is 2.48. The Morgan fingerprint density at radius 1 is 1.33 bits per heavy atom. The van der Waals surface area contributed by atoms with Crippen LogP contribution in [0.4, 0.5) is 0 Å². The number of methoxy groups -OCH3 is 1. The van der Waals surface area contributed by atoms with Gasteiger partial charge in [0.15, 0.2) is 0 Å². The fourth-order valence-corrected chi connectivity index (χ4v) is 1.80. The third-order valence-corrected chi connectivity index (χ3v) is 2.74. The monoisotopic (exact) mass is 204 g/mol. The molecule has 0 bridgehead atoms. The maximum Gasteiger partial charge on any atom is 0.118 e. The van der Waals surface area contributed by atoms with E-state index in [1.807, 2.05) is 12.1 Å². The van der Waals surface area contributed by atoms with Gasteiger partial charge in [0.1, 0.15) is 5.75 Å². The number of rotatable bonds is 2. The first-order chi connectivity index (χ1) is 7.29. The van der Waals surface area contributed by atoms with Gasteiger partial charge in [-0.2, -0.15) is 0 Å². The normalized spacial score (nSPS) is 21.4. The van der Waals surface area contributed by atoms with Crippen molar-refractivity contribution in [1.29, 1.82) is 0 Å². The fourth-order valence-electron chi connectivity index (χ4n) is 1.80. The lowest BCUT2D eigenvalue weighted by Crippen LogP contribution is -2.13. The SMILES string of the molecule is C=C1CCOC(c2ccc(OC)cc2)C1. The number of benzene rings is 1. The Kier molecular flexibility index (Phi) is 3.07. The Balaban J connectivity index is 2.11. The number of hydrogen-bond donors (Lipinski definition) is 0. The van der Waals surface area contributed by atoms with Crippen LogP contribution in [0.15, 0.2) is 36.4 Å². The molecular formula is C13H16O2. The summed E-state index contributed by atoms with van der Waals surface area (Å²) in [5.74, 6) is 0.883. The minimum absolute atomic E-state index is 0.178. The Hall–Kier alpha value is -1.28. The van der Waals surface area contributed by atoms with Crippen LogP contribution >= 0.6 is 0 Å². The van der Waals surface area contributed by atoms with E-state index in [9.17, 15) is 0 Å². The summed E-state index contributed by atoms with van der Waals surface area (Å²) < 4.78 is 10.8. The molecular weight excluding hydrogens is 188 g/mol. The molecule has 1 atom stereocenters. The third-order valence-electron chi connectivity index (χ3n) is 2.74. The van der Waals surface area contributed by atoms with Crippen LogP contribution in [0, 0.1) is 0 Å². The molecule has 1 aromatic rings. The molecule has 2 heteroatoms. The summed E-state index contributed by atoms with van der Waals surface area (Å²) in [6.07, 6.45) is 2.11. The van der Waals surface area contributed by atoms with Gasteiger partial charge in [-0.05, 0) is 30.5 Å². The summed E-state index contributed by atoms with van der Waals surface area (Å²) in [7, 11) is 1.67. The van der Waals surface area contributed by atoms with Crippen molar-refractivity contribution in [3.63, 3.8) is 0 Å². The highest BCUT2D eigenvalue weighted by Gasteiger charge is 2.17. The van der Waals surface area contributed by atoms with Crippen LogP contribution < -0.4 is 4.74 Å². The second-order valence-corrected chi connectivity index (χ2v) is 3.84. The Morgan fingerprint density at radius 3 is 2.67 bits per heavy atom. The van der Waals surface area contributed by atoms with Crippen LogP contribution in [0.5, 0.6) is 5.75 Å². The molecule has 1 heterocycles. The van der Waals surface area contributed by atoms with Crippen LogP contribution in [0.2, 0.25) is 0 Å². The fraction of sp³-hybridized carbons (Fsp3) is 0.385. The van der Waals surface area contributed by atoms with E-state index in [0.717, 1.165) is 25.2 Å². The molecule has 2 nitrogen and oxygen atoms in total. The van der Waals surface area contributed by atoms with Gasteiger partial charge in [0.25, 0.3) is 0 Å². The summed E-state index contributed by atoms with van der Waals surface area (Å²) in [6.45, 7) is 4.81. The van der Waals surface area contributed by atoms with Gasteiger partial charge in [-0.3, -0.25) is 0 Å². The van der Waals surface area contributed by atoms with E-state index in [2.05, 4.69) is 18.7 Å². The lowest BCUT2D eigenvalue weighted by molar-refractivity contribution is 0.0352. The first-order valence-electron chi connectivity index (χ1n) is 5.22. The van der Waals surface area contributed by atoms with Crippen molar-refractivity contribution in [2.75, 3.05) is 13.7 Å². The molecule has 80 valence electrons. The summed E-state index contributed by atoms with van der Waals surface area (Å²) in [6, 6.07) is 8.05. The highest BCUT2D eigenvalue weighted by molar-refractivity contribution is 5.29. The zero-order valence-corrected chi connectivity index (χ0v) is 9.03. The molecule has 0 aliphatic carbocycles. The van der Waals surface area contributed by atoms with Crippen molar-refractivity contribution < 1.29 is 9.47 Å². The molecule has 1 fully saturated rings. The van der Waals surface area contributed by atoms with E-state index in [1.54, 1.807) is 7.11 Å². The van der Waals surface area contributed by atoms with Crippen molar-refractivity contribution >= 4 is 0 Å². The Morgan fingerprint density at radius 2 is 2.07 bits per heavy atom. The first kappa shape index (κ1) is 10.2. The molecule has 1 saturated heterocycles. The van der Waals surface area contributed by atoms with Crippen LogP contribution in [0.3, 0.4) is 0 Å². The van der Waals surface area contributed by atoms with Crippen molar-refractivity contribution in [2.24, 2.45) is 0 Å². The second-order valence-electron chi connectivity index (χ2n) is 3.84. The Labute approximate surface area is 90.5 Å². The van der Waals surface area contributed by atoms with Gasteiger partial charge in [-0.25, -0.2) is 0 Å². The molecule has 0 amide bonds. The van der Waals surface area contributed by atoms with Gasteiger partial charge in [0.05, 0.1) is 19.8 Å². The van der Waals surface area contributed by atoms with Crippen LogP contribution in [-0.2, 0) is 4.74 Å². The largest absolute Gasteiger partial charge is 0.497 e. The van der Waals surface area contributed by atoms with E-state index in [1.165, 1.54) is 11.1 Å². The van der Waals surface area contributed by atoms with Crippen molar-refractivity contribution in [3.05, 3.63) is 42.0 Å². The molecule has 1 unspecified atom stereocenters. The van der Waals surface area contributed by atoms with E-state index in [4.69, 9.17) is 9.47 Å². The predicted octanol–water partition coefficient (Wildman–Crippen LogP) is 3.10. The van der Waals surface area contributed by atoms with Gasteiger partial charge < -0.3 is 9.47 Å². The molecule has 0 radical (unpaired) electrons. The molecule has 15 heavy (non-hydrogen) atoms. The summed E-state index contributed by atoms with van der Waals surface area (Å²) in [5, 5.41) is 0. The third kappa shape index (κ3) is 2.39. The van der Waals surface area contributed by atoms with Crippen molar-refractivity contribution in [3.8, 4) is 5.75 Å². The quantitative estimate of drug-likeness (QED) is 0.689. The second kappa shape index (κ2) is 4.49. The highest BCUT2D eigenvalue weighted by Crippen LogP contribution is 2.30. The average Bonchev–Trinajstić information content (AvgIpc) is 2.29. The van der Waals surface area contributed by atoms with Crippen LogP contribution in [0.1, 0.15) is 24.5 Å².